The Balaban J connectivity index is 1.58. The number of aliphatic hydroxyl groups is 1. The van der Waals surface area contributed by atoms with E-state index in [4.69, 9.17) is 14.5 Å². The van der Waals surface area contributed by atoms with Crippen LogP contribution in [0.15, 0.2) is 30.3 Å². The normalized spacial score (nSPS) is 22.9. The summed E-state index contributed by atoms with van der Waals surface area (Å²) in [6.07, 6.45) is 1.41. The zero-order chi connectivity index (χ0) is 17.4. The van der Waals surface area contributed by atoms with Crippen LogP contribution >= 0.6 is 0 Å². The van der Waals surface area contributed by atoms with Gasteiger partial charge < -0.3 is 19.5 Å². The van der Waals surface area contributed by atoms with E-state index in [9.17, 15) is 5.11 Å². The zero-order valence-corrected chi connectivity index (χ0v) is 14.6. The fraction of sp³-hybridized carbons (Fsp3) is 0.474. The van der Waals surface area contributed by atoms with Crippen molar-refractivity contribution in [2.45, 2.75) is 37.9 Å². The number of benzene rings is 1. The average Bonchev–Trinajstić information content (AvgIpc) is 3.40. The van der Waals surface area contributed by atoms with Gasteiger partial charge in [0.05, 0.1) is 19.3 Å². The smallest absolute Gasteiger partial charge is 0.182 e. The lowest BCUT2D eigenvalue weighted by Gasteiger charge is -2.21. The molecular formula is C19H23N3O3. The number of aromatic nitrogens is 2. The summed E-state index contributed by atoms with van der Waals surface area (Å²) in [6, 6.07) is 9.59. The quantitative estimate of drug-likeness (QED) is 0.900. The first-order chi connectivity index (χ1) is 12.2. The Hall–Kier alpha value is -2.34. The molecular weight excluding hydrogens is 318 g/mol. The molecule has 0 spiro atoms. The second kappa shape index (κ2) is 6.52. The van der Waals surface area contributed by atoms with Crippen LogP contribution in [0.5, 0.6) is 11.5 Å². The van der Waals surface area contributed by atoms with Crippen molar-refractivity contribution in [3.05, 3.63) is 41.9 Å². The molecule has 0 amide bonds. The van der Waals surface area contributed by atoms with Gasteiger partial charge in [0, 0.05) is 12.5 Å². The highest BCUT2D eigenvalue weighted by Gasteiger charge is 2.37. The molecule has 1 aromatic carbocycles. The minimum absolute atomic E-state index is 0.299. The fourth-order valence-electron chi connectivity index (χ4n) is 3.27. The van der Waals surface area contributed by atoms with Crippen LogP contribution in [0.25, 0.3) is 0 Å². The molecule has 25 heavy (non-hydrogen) atoms. The lowest BCUT2D eigenvalue weighted by molar-refractivity contribution is 0.0738. The average molecular weight is 341 g/mol. The van der Waals surface area contributed by atoms with Crippen LogP contribution in [0.2, 0.25) is 0 Å². The molecule has 132 valence electrons. The number of rotatable bonds is 5. The SMILES string of the molecule is COc1c(C)nc(C2CC2)nc1N1C[C@@H](O)[C@H](Oc2ccccc2)C1. The second-order valence-corrected chi connectivity index (χ2v) is 6.74. The number of nitrogens with zero attached hydrogens (tertiary/aromatic N) is 3. The number of methoxy groups -OCH3 is 1. The van der Waals surface area contributed by atoms with Crippen LogP contribution in [0.4, 0.5) is 5.82 Å². The van der Waals surface area contributed by atoms with Crippen molar-refractivity contribution in [1.82, 2.24) is 9.97 Å². The van der Waals surface area contributed by atoms with E-state index in [0.717, 1.165) is 35.9 Å². The molecule has 6 nitrogen and oxygen atoms in total. The molecule has 0 unspecified atom stereocenters. The Labute approximate surface area is 147 Å². The van der Waals surface area contributed by atoms with Crippen LogP contribution in [0, 0.1) is 6.92 Å². The maximum Gasteiger partial charge on any atom is 0.182 e. The molecule has 1 N–H and O–H groups in total. The van der Waals surface area contributed by atoms with Crippen molar-refractivity contribution in [3.8, 4) is 11.5 Å². The molecule has 0 radical (unpaired) electrons. The van der Waals surface area contributed by atoms with E-state index < -0.39 is 6.10 Å². The molecule has 1 saturated carbocycles. The first-order valence-electron chi connectivity index (χ1n) is 8.73. The third-order valence-corrected chi connectivity index (χ3v) is 4.75. The number of anilines is 1. The van der Waals surface area contributed by atoms with Crippen LogP contribution in [-0.2, 0) is 0 Å². The second-order valence-electron chi connectivity index (χ2n) is 6.74. The standard InChI is InChI=1S/C19H23N3O3/c1-12-17(24-2)19(21-18(20-12)13-8-9-13)22-10-15(23)16(11-22)25-14-6-4-3-5-7-14/h3-7,13,15-16,23H,8-11H2,1-2H3/t15-,16-/m1/s1. The zero-order valence-electron chi connectivity index (χ0n) is 14.6. The third kappa shape index (κ3) is 3.26. The highest BCUT2D eigenvalue weighted by molar-refractivity contribution is 5.56. The number of aliphatic hydroxyl groups excluding tert-OH is 1. The van der Waals surface area contributed by atoms with Crippen molar-refractivity contribution in [2.75, 3.05) is 25.1 Å². The molecule has 4 rings (SSSR count). The lowest BCUT2D eigenvalue weighted by atomic mass is 10.2. The molecule has 2 aliphatic rings. The molecule has 2 aromatic rings. The lowest BCUT2D eigenvalue weighted by Crippen LogP contribution is -2.30. The van der Waals surface area contributed by atoms with E-state index >= 15 is 0 Å². The van der Waals surface area contributed by atoms with Gasteiger partial charge in [0.25, 0.3) is 0 Å². The van der Waals surface area contributed by atoms with Gasteiger partial charge >= 0.3 is 0 Å². The monoisotopic (exact) mass is 341 g/mol. The summed E-state index contributed by atoms with van der Waals surface area (Å²) in [5.74, 6) is 3.55. The largest absolute Gasteiger partial charge is 0.491 e. The Morgan fingerprint density at radius 1 is 1.12 bits per heavy atom. The van der Waals surface area contributed by atoms with E-state index in [0.29, 0.717) is 24.8 Å². The molecule has 1 aromatic heterocycles. The fourth-order valence-corrected chi connectivity index (χ4v) is 3.27. The van der Waals surface area contributed by atoms with Gasteiger partial charge in [0.15, 0.2) is 11.6 Å². The summed E-state index contributed by atoms with van der Waals surface area (Å²) >= 11 is 0. The van der Waals surface area contributed by atoms with Crippen molar-refractivity contribution >= 4 is 5.82 Å². The first-order valence-corrected chi connectivity index (χ1v) is 8.73. The topological polar surface area (TPSA) is 67.7 Å². The number of para-hydroxylation sites is 1. The summed E-state index contributed by atoms with van der Waals surface area (Å²) in [5.41, 5.74) is 0.844. The molecule has 2 heterocycles. The van der Waals surface area contributed by atoms with Crippen LogP contribution in [0.1, 0.15) is 30.3 Å². The molecule has 2 fully saturated rings. The number of β-amino-alcohol motifs (C(OH)–C–C–N with tert-alkyl or cyclic N) is 1. The molecule has 2 atom stereocenters. The van der Waals surface area contributed by atoms with E-state index in [1.165, 1.54) is 0 Å². The Morgan fingerprint density at radius 3 is 2.56 bits per heavy atom. The Kier molecular flexibility index (Phi) is 4.21. The van der Waals surface area contributed by atoms with E-state index in [2.05, 4.69) is 4.98 Å². The maximum atomic E-state index is 10.5. The summed E-state index contributed by atoms with van der Waals surface area (Å²) in [7, 11) is 1.64. The summed E-state index contributed by atoms with van der Waals surface area (Å²) in [6.45, 7) is 2.97. The molecule has 6 heteroatoms. The van der Waals surface area contributed by atoms with E-state index in [1.54, 1.807) is 7.11 Å². The summed E-state index contributed by atoms with van der Waals surface area (Å²) in [5, 5.41) is 10.5. The van der Waals surface area contributed by atoms with Crippen LogP contribution in [-0.4, -0.2) is 47.5 Å². The van der Waals surface area contributed by atoms with Crippen molar-refractivity contribution < 1.29 is 14.6 Å². The van der Waals surface area contributed by atoms with Crippen molar-refractivity contribution in [1.29, 1.82) is 0 Å². The minimum atomic E-state index is -0.579. The number of ether oxygens (including phenoxy) is 2. The highest BCUT2D eigenvalue weighted by atomic mass is 16.5. The molecule has 1 aliphatic heterocycles. The van der Waals surface area contributed by atoms with Gasteiger partial charge in [0.2, 0.25) is 0 Å². The summed E-state index contributed by atoms with van der Waals surface area (Å²) in [4.78, 5) is 11.4. The molecule has 1 saturated heterocycles. The van der Waals surface area contributed by atoms with Gasteiger partial charge in [-0.05, 0) is 31.9 Å². The Bertz CT molecular complexity index is 749. The van der Waals surface area contributed by atoms with Crippen molar-refractivity contribution in [2.24, 2.45) is 0 Å². The summed E-state index contributed by atoms with van der Waals surface area (Å²) < 4.78 is 11.5. The Morgan fingerprint density at radius 2 is 1.88 bits per heavy atom. The maximum absolute atomic E-state index is 10.5. The van der Waals surface area contributed by atoms with Crippen LogP contribution in [0.3, 0.4) is 0 Å². The first kappa shape index (κ1) is 16.1. The molecule has 1 aliphatic carbocycles. The highest BCUT2D eigenvalue weighted by Crippen LogP contribution is 2.41. The van der Waals surface area contributed by atoms with Gasteiger partial charge in [-0.1, -0.05) is 18.2 Å². The van der Waals surface area contributed by atoms with E-state index in [-0.39, 0.29) is 6.10 Å². The van der Waals surface area contributed by atoms with Gasteiger partial charge in [-0.2, -0.15) is 0 Å². The number of hydrogen-bond donors (Lipinski definition) is 1. The van der Waals surface area contributed by atoms with Crippen molar-refractivity contribution in [3.63, 3.8) is 0 Å². The predicted molar refractivity (Wildman–Crippen MR) is 94.4 cm³/mol. The van der Waals surface area contributed by atoms with Gasteiger partial charge in [-0.25, -0.2) is 9.97 Å². The van der Waals surface area contributed by atoms with Crippen LogP contribution < -0.4 is 14.4 Å². The third-order valence-electron chi connectivity index (χ3n) is 4.75. The minimum Gasteiger partial charge on any atom is -0.491 e. The van der Waals surface area contributed by atoms with Gasteiger partial charge in [-0.15, -0.1) is 0 Å². The number of aryl methyl sites for hydroxylation is 1. The predicted octanol–water partition coefficient (Wildman–Crippen LogP) is 2.30. The van der Waals surface area contributed by atoms with Gasteiger partial charge in [0.1, 0.15) is 23.8 Å². The number of hydrogen-bond acceptors (Lipinski definition) is 6. The molecule has 0 bridgehead atoms. The van der Waals surface area contributed by atoms with E-state index in [1.807, 2.05) is 42.2 Å². The van der Waals surface area contributed by atoms with Gasteiger partial charge in [-0.3, -0.25) is 0 Å².